The SMILES string of the molecule is CCc1ccnc(-n2c3[c-]c(Oc4[c-]c(-n5nc(C)c(C6C(C(C)(C)C)=CCC[C@@H]6C(C)(C)C)c5C)cc(C(C)(C)C)c4)ccc3c3ccccc32)c1.[Pt+2]. The number of pyridine rings is 1. The molecule has 6 aromatic rings. The van der Waals surface area contributed by atoms with Crippen molar-refractivity contribution in [2.45, 2.75) is 114 Å². The van der Waals surface area contributed by atoms with Crippen molar-refractivity contribution in [3.63, 3.8) is 0 Å². The second-order valence-electron chi connectivity index (χ2n) is 18.2. The summed E-state index contributed by atoms with van der Waals surface area (Å²) in [4.78, 5) is 4.80. The molecule has 0 amide bonds. The normalized spacial score (nSPS) is 16.8. The molecule has 0 N–H and O–H groups in total. The Kier molecular flexibility index (Phi) is 10.7. The first kappa shape index (κ1) is 39.7. The van der Waals surface area contributed by atoms with Crippen molar-refractivity contribution in [2.24, 2.45) is 16.7 Å². The van der Waals surface area contributed by atoms with Gasteiger partial charge in [-0.15, -0.1) is 41.3 Å². The fraction of sp³-hybridized carbons (Fsp3) is 0.417. The van der Waals surface area contributed by atoms with Gasteiger partial charge in [0.25, 0.3) is 0 Å². The molecule has 284 valence electrons. The summed E-state index contributed by atoms with van der Waals surface area (Å²) in [6.45, 7) is 27.6. The van der Waals surface area contributed by atoms with Crippen LogP contribution in [0.5, 0.6) is 11.5 Å². The number of rotatable bonds is 6. The molecule has 0 aliphatic heterocycles. The molecule has 3 aromatic carbocycles. The van der Waals surface area contributed by atoms with Crippen molar-refractivity contribution in [3.8, 4) is 23.0 Å². The third-order valence-electron chi connectivity index (χ3n) is 11.4. The standard InChI is InChI=1S/C48H56N4O.Pt/c1-13-32-23-24-49-43(25-32)51-41-20-15-14-17-37(41)38-22-21-35(29-42(38)51)53-36-27-33(46(4,5)6)26-34(28-36)52-31(3)44(30(2)50-52)45-39(47(7,8)9)18-16-19-40(45)48(10,11)12;/h14-15,17-18,20-27,40,45H,13,16,19H2,1-12H3;/q-2;+2/t40-,45?;/m0./s1. The van der Waals surface area contributed by atoms with E-state index in [9.17, 15) is 0 Å². The molecule has 5 nitrogen and oxygen atoms in total. The number of ether oxygens (including phenoxy) is 1. The smallest absolute Gasteiger partial charge is 0.509 e. The van der Waals surface area contributed by atoms with Crippen LogP contribution in [0.1, 0.15) is 116 Å². The molecule has 6 heteroatoms. The van der Waals surface area contributed by atoms with Crippen molar-refractivity contribution in [3.05, 3.63) is 119 Å². The summed E-state index contributed by atoms with van der Waals surface area (Å²) in [7, 11) is 0. The number of para-hydroxylation sites is 1. The molecule has 0 spiro atoms. The first-order valence-electron chi connectivity index (χ1n) is 19.4. The number of nitrogens with zero attached hydrogens (tertiary/aromatic N) is 4. The third-order valence-corrected chi connectivity index (χ3v) is 11.4. The van der Waals surface area contributed by atoms with Gasteiger partial charge in [0.15, 0.2) is 0 Å². The zero-order chi connectivity index (χ0) is 38.0. The Bertz CT molecular complexity index is 2360. The molecule has 2 atom stereocenters. The van der Waals surface area contributed by atoms with Crippen LogP contribution in [-0.2, 0) is 32.9 Å². The summed E-state index contributed by atoms with van der Waals surface area (Å²) in [5, 5.41) is 7.54. The first-order chi connectivity index (χ1) is 25.0. The van der Waals surface area contributed by atoms with Gasteiger partial charge in [0.1, 0.15) is 5.82 Å². The maximum Gasteiger partial charge on any atom is 2.00 e. The average molecular weight is 900 g/mol. The second kappa shape index (κ2) is 14.6. The Hall–Kier alpha value is -3.95. The van der Waals surface area contributed by atoms with E-state index in [1.165, 1.54) is 28.8 Å². The summed E-state index contributed by atoms with van der Waals surface area (Å²) in [6, 6.07) is 28.5. The van der Waals surface area contributed by atoms with E-state index in [1.807, 2.05) is 12.3 Å². The number of fused-ring (bicyclic) bond motifs is 3. The fourth-order valence-corrected chi connectivity index (χ4v) is 8.55. The molecule has 54 heavy (non-hydrogen) atoms. The van der Waals surface area contributed by atoms with Gasteiger partial charge in [-0.2, -0.15) is 11.2 Å². The number of aryl methyl sites for hydroxylation is 2. The quantitative estimate of drug-likeness (QED) is 0.124. The number of aromatic nitrogens is 4. The van der Waals surface area contributed by atoms with Gasteiger partial charge in [-0.1, -0.05) is 105 Å². The molecular weight excluding hydrogens is 844 g/mol. The van der Waals surface area contributed by atoms with E-state index in [0.717, 1.165) is 57.4 Å². The zero-order valence-electron chi connectivity index (χ0n) is 34.2. The third kappa shape index (κ3) is 7.38. The number of hydrogen-bond donors (Lipinski definition) is 0. The Morgan fingerprint density at radius 3 is 2.26 bits per heavy atom. The molecule has 0 bridgehead atoms. The van der Waals surface area contributed by atoms with Gasteiger partial charge in [0.2, 0.25) is 0 Å². The molecule has 0 saturated carbocycles. The van der Waals surface area contributed by atoms with Gasteiger partial charge in [0, 0.05) is 40.4 Å². The predicted octanol–water partition coefficient (Wildman–Crippen LogP) is 12.7. The van der Waals surface area contributed by atoms with Crippen molar-refractivity contribution in [1.82, 2.24) is 19.3 Å². The van der Waals surface area contributed by atoms with E-state index in [-0.39, 0.29) is 37.3 Å². The van der Waals surface area contributed by atoms with Crippen molar-refractivity contribution in [2.75, 3.05) is 0 Å². The van der Waals surface area contributed by atoms with E-state index < -0.39 is 0 Å². The minimum Gasteiger partial charge on any atom is -0.509 e. The molecule has 1 aliphatic carbocycles. The molecule has 1 unspecified atom stereocenters. The van der Waals surface area contributed by atoms with Crippen molar-refractivity contribution >= 4 is 21.8 Å². The van der Waals surface area contributed by atoms with Gasteiger partial charge in [-0.3, -0.25) is 4.68 Å². The predicted molar refractivity (Wildman–Crippen MR) is 220 cm³/mol. The van der Waals surface area contributed by atoms with Crippen LogP contribution >= 0.6 is 0 Å². The fourth-order valence-electron chi connectivity index (χ4n) is 8.55. The maximum absolute atomic E-state index is 6.74. The van der Waals surface area contributed by atoms with E-state index in [1.54, 1.807) is 0 Å². The largest absolute Gasteiger partial charge is 2.00 e. The van der Waals surface area contributed by atoms with Crippen LogP contribution in [0.15, 0.2) is 78.5 Å². The van der Waals surface area contributed by atoms with Gasteiger partial charge >= 0.3 is 21.1 Å². The summed E-state index contributed by atoms with van der Waals surface area (Å²) < 4.78 is 11.0. The Balaban J connectivity index is 0.00000497. The Morgan fingerprint density at radius 2 is 1.57 bits per heavy atom. The summed E-state index contributed by atoms with van der Waals surface area (Å²) in [5.41, 5.74) is 10.6. The minimum atomic E-state index is -0.125. The van der Waals surface area contributed by atoms with Gasteiger partial charge in [-0.25, -0.2) is 4.98 Å². The second-order valence-corrected chi connectivity index (χ2v) is 18.2. The molecule has 0 radical (unpaired) electrons. The van der Waals surface area contributed by atoms with Crippen LogP contribution in [-0.4, -0.2) is 19.3 Å². The van der Waals surface area contributed by atoms with E-state index >= 15 is 0 Å². The maximum atomic E-state index is 6.74. The molecule has 1 aliphatic rings. The van der Waals surface area contributed by atoms with Crippen molar-refractivity contribution < 1.29 is 25.8 Å². The van der Waals surface area contributed by atoms with Crippen LogP contribution in [0, 0.1) is 42.7 Å². The van der Waals surface area contributed by atoms with Crippen LogP contribution in [0.2, 0.25) is 0 Å². The van der Waals surface area contributed by atoms with E-state index in [4.69, 9.17) is 14.8 Å². The minimum absolute atomic E-state index is 0. The van der Waals surface area contributed by atoms with Crippen LogP contribution in [0.3, 0.4) is 0 Å². The Labute approximate surface area is 337 Å². The topological polar surface area (TPSA) is 44.9 Å². The van der Waals surface area contributed by atoms with E-state index in [0.29, 0.717) is 23.3 Å². The first-order valence-corrected chi connectivity index (χ1v) is 19.4. The number of benzene rings is 3. The van der Waals surface area contributed by atoms with Gasteiger partial charge < -0.3 is 9.30 Å². The zero-order valence-corrected chi connectivity index (χ0v) is 36.5. The molecular formula is C48H56N4OPt. The molecule has 3 heterocycles. The van der Waals surface area contributed by atoms with E-state index in [2.05, 4.69) is 165 Å². The van der Waals surface area contributed by atoms with Crippen LogP contribution < -0.4 is 4.74 Å². The summed E-state index contributed by atoms with van der Waals surface area (Å²) in [5.74, 6) is 2.97. The number of allylic oxidation sites excluding steroid dienone is 2. The molecule has 0 fully saturated rings. The molecule has 7 rings (SSSR count). The Morgan fingerprint density at radius 1 is 0.833 bits per heavy atom. The summed E-state index contributed by atoms with van der Waals surface area (Å²) >= 11 is 0. The monoisotopic (exact) mass is 899 g/mol. The van der Waals surface area contributed by atoms with Gasteiger partial charge in [-0.05, 0) is 90.1 Å². The number of hydrogen-bond acceptors (Lipinski definition) is 3. The van der Waals surface area contributed by atoms with Crippen molar-refractivity contribution in [1.29, 1.82) is 0 Å². The average Bonchev–Trinajstić information content (AvgIpc) is 3.59. The van der Waals surface area contributed by atoms with Crippen LogP contribution in [0.4, 0.5) is 0 Å². The van der Waals surface area contributed by atoms with Crippen LogP contribution in [0.25, 0.3) is 33.3 Å². The molecule has 3 aromatic heterocycles. The van der Waals surface area contributed by atoms with Gasteiger partial charge in [0.05, 0.1) is 5.69 Å². The summed E-state index contributed by atoms with van der Waals surface area (Å²) in [6.07, 6.45) is 7.67. The molecule has 0 saturated heterocycles.